The van der Waals surface area contributed by atoms with Crippen LogP contribution < -0.4 is 0 Å². The minimum Gasteiger partial charge on any atom is -0.243 e. The van der Waals surface area contributed by atoms with Gasteiger partial charge in [0.15, 0.2) is 0 Å². The first kappa shape index (κ1) is 8.73. The molecule has 2 N–H and O–H groups in total. The first-order valence-corrected chi connectivity index (χ1v) is 4.40. The molecular weight excluding hydrogens is 184 g/mol. The molecule has 2 aromatic heterocycles. The molecule has 0 aliphatic heterocycles. The largest absolute Gasteiger partial charge is 0.243 e. The van der Waals surface area contributed by atoms with Gasteiger partial charge in [0.1, 0.15) is 11.6 Å². The number of nitrogens with one attached hydrogen (secondary N) is 2. The van der Waals surface area contributed by atoms with Crippen LogP contribution in [0.5, 0.6) is 0 Å². The van der Waals surface area contributed by atoms with E-state index in [0.717, 1.165) is 37.3 Å². The standard InChI is InChI=1S/C6H10N8/c1(3-5-7-11-12-8-5)2-4-6-9-13-14-10-6/h1-4H2,(H,7,8,11,12)(H,9,10,13,14). The van der Waals surface area contributed by atoms with Crippen LogP contribution in [0.3, 0.4) is 0 Å². The van der Waals surface area contributed by atoms with Gasteiger partial charge in [-0.25, -0.2) is 10.2 Å². The summed E-state index contributed by atoms with van der Waals surface area (Å²) in [6, 6.07) is 0. The highest BCUT2D eigenvalue weighted by atomic mass is 15.5. The molecule has 14 heavy (non-hydrogen) atoms. The van der Waals surface area contributed by atoms with Crippen molar-refractivity contribution >= 4 is 0 Å². The highest BCUT2D eigenvalue weighted by Gasteiger charge is 1.99. The van der Waals surface area contributed by atoms with Crippen LogP contribution in [-0.2, 0) is 12.8 Å². The molecule has 0 aliphatic rings. The van der Waals surface area contributed by atoms with Gasteiger partial charge < -0.3 is 0 Å². The van der Waals surface area contributed by atoms with E-state index in [1.165, 1.54) is 0 Å². The first-order chi connectivity index (χ1) is 6.95. The second kappa shape index (κ2) is 4.40. The van der Waals surface area contributed by atoms with Crippen molar-refractivity contribution in [2.75, 3.05) is 0 Å². The quantitative estimate of drug-likeness (QED) is 0.608. The van der Waals surface area contributed by atoms with Gasteiger partial charge in [-0.15, -0.1) is 10.2 Å². The number of hydrogen-bond acceptors (Lipinski definition) is 6. The molecule has 0 atom stereocenters. The molecule has 0 fully saturated rings. The number of aromatic amines is 2. The summed E-state index contributed by atoms with van der Waals surface area (Å²) in [6.45, 7) is 0. The lowest BCUT2D eigenvalue weighted by atomic mass is 10.2. The molecule has 2 rings (SSSR count). The molecule has 0 radical (unpaired) electrons. The van der Waals surface area contributed by atoms with E-state index in [0.29, 0.717) is 0 Å². The monoisotopic (exact) mass is 194 g/mol. The molecule has 0 amide bonds. The second-order valence-corrected chi connectivity index (χ2v) is 2.90. The van der Waals surface area contributed by atoms with Crippen LogP contribution in [0.15, 0.2) is 0 Å². The lowest BCUT2D eigenvalue weighted by molar-refractivity contribution is 0.688. The van der Waals surface area contributed by atoms with Crippen molar-refractivity contribution in [1.29, 1.82) is 0 Å². The van der Waals surface area contributed by atoms with Crippen molar-refractivity contribution < 1.29 is 0 Å². The SMILES string of the molecule is C(CCc1nnn[nH]1)Cc1nnn[nH]1. The average molecular weight is 194 g/mol. The molecule has 2 aromatic rings. The molecular formula is C6H10N8. The molecule has 2 heterocycles. The van der Waals surface area contributed by atoms with Crippen LogP contribution in [0.4, 0.5) is 0 Å². The maximum Gasteiger partial charge on any atom is 0.148 e. The second-order valence-electron chi connectivity index (χ2n) is 2.90. The Morgan fingerprint density at radius 3 is 1.64 bits per heavy atom. The fourth-order valence-electron chi connectivity index (χ4n) is 1.15. The van der Waals surface area contributed by atoms with Crippen molar-refractivity contribution in [2.24, 2.45) is 0 Å². The van der Waals surface area contributed by atoms with E-state index in [2.05, 4.69) is 41.2 Å². The predicted molar refractivity (Wildman–Crippen MR) is 45.0 cm³/mol. The maximum absolute atomic E-state index is 3.79. The lowest BCUT2D eigenvalue weighted by Gasteiger charge is -1.94. The van der Waals surface area contributed by atoms with Crippen LogP contribution in [0.25, 0.3) is 0 Å². The Labute approximate surface area is 79.5 Å². The Balaban J connectivity index is 1.65. The van der Waals surface area contributed by atoms with Gasteiger partial charge >= 0.3 is 0 Å². The number of unbranched alkanes of at least 4 members (excludes halogenated alkanes) is 1. The van der Waals surface area contributed by atoms with Crippen molar-refractivity contribution in [1.82, 2.24) is 41.2 Å². The van der Waals surface area contributed by atoms with E-state index in [1.54, 1.807) is 0 Å². The zero-order valence-corrected chi connectivity index (χ0v) is 7.51. The molecule has 0 aromatic carbocycles. The van der Waals surface area contributed by atoms with Gasteiger partial charge in [0.25, 0.3) is 0 Å². The summed E-state index contributed by atoms with van der Waals surface area (Å²) >= 11 is 0. The number of aromatic nitrogens is 8. The van der Waals surface area contributed by atoms with Crippen LogP contribution in [0.2, 0.25) is 0 Å². The van der Waals surface area contributed by atoms with Gasteiger partial charge in [-0.3, -0.25) is 0 Å². The Morgan fingerprint density at radius 1 is 0.786 bits per heavy atom. The Bertz CT molecular complexity index is 302. The summed E-state index contributed by atoms with van der Waals surface area (Å²) in [5, 5.41) is 27.0. The summed E-state index contributed by atoms with van der Waals surface area (Å²) in [7, 11) is 0. The fourth-order valence-corrected chi connectivity index (χ4v) is 1.15. The summed E-state index contributed by atoms with van der Waals surface area (Å²) in [6.07, 6.45) is 3.73. The van der Waals surface area contributed by atoms with Crippen LogP contribution in [0.1, 0.15) is 24.5 Å². The topological polar surface area (TPSA) is 109 Å². The third kappa shape index (κ3) is 2.31. The third-order valence-corrected chi connectivity index (χ3v) is 1.86. The van der Waals surface area contributed by atoms with Crippen molar-refractivity contribution in [2.45, 2.75) is 25.7 Å². The van der Waals surface area contributed by atoms with E-state index in [4.69, 9.17) is 0 Å². The summed E-state index contributed by atoms with van der Waals surface area (Å²) in [5.41, 5.74) is 0. The summed E-state index contributed by atoms with van der Waals surface area (Å²) in [5.74, 6) is 1.64. The molecule has 8 heteroatoms. The molecule has 0 saturated carbocycles. The zero-order valence-electron chi connectivity index (χ0n) is 7.51. The predicted octanol–water partition coefficient (Wildman–Crippen LogP) is -0.722. The summed E-state index contributed by atoms with van der Waals surface area (Å²) in [4.78, 5) is 0. The summed E-state index contributed by atoms with van der Waals surface area (Å²) < 4.78 is 0. The Kier molecular flexibility index (Phi) is 2.74. The Morgan fingerprint density at radius 2 is 1.29 bits per heavy atom. The van der Waals surface area contributed by atoms with Gasteiger partial charge in [0, 0.05) is 12.8 Å². The number of H-pyrrole nitrogens is 2. The third-order valence-electron chi connectivity index (χ3n) is 1.86. The van der Waals surface area contributed by atoms with Crippen molar-refractivity contribution in [3.8, 4) is 0 Å². The van der Waals surface area contributed by atoms with Crippen molar-refractivity contribution in [3.05, 3.63) is 11.6 Å². The van der Waals surface area contributed by atoms with E-state index in [9.17, 15) is 0 Å². The lowest BCUT2D eigenvalue weighted by Crippen LogP contribution is -1.93. The molecule has 0 spiro atoms. The molecule has 0 aliphatic carbocycles. The van der Waals surface area contributed by atoms with Crippen LogP contribution >= 0.6 is 0 Å². The zero-order chi connectivity index (χ0) is 9.64. The van der Waals surface area contributed by atoms with Gasteiger partial charge in [-0.1, -0.05) is 0 Å². The number of tetrazole rings is 2. The van der Waals surface area contributed by atoms with Gasteiger partial charge in [0.2, 0.25) is 0 Å². The molecule has 0 bridgehead atoms. The minimum atomic E-state index is 0.820. The Hall–Kier alpha value is -1.86. The number of nitrogens with zero attached hydrogens (tertiary/aromatic N) is 6. The van der Waals surface area contributed by atoms with Gasteiger partial charge in [0.05, 0.1) is 0 Å². The number of rotatable bonds is 5. The fraction of sp³-hybridized carbons (Fsp3) is 0.667. The van der Waals surface area contributed by atoms with E-state index >= 15 is 0 Å². The van der Waals surface area contributed by atoms with Crippen LogP contribution in [0, 0.1) is 0 Å². The van der Waals surface area contributed by atoms with Crippen LogP contribution in [-0.4, -0.2) is 41.2 Å². The van der Waals surface area contributed by atoms with E-state index < -0.39 is 0 Å². The number of aryl methyl sites for hydroxylation is 2. The van der Waals surface area contributed by atoms with E-state index in [1.807, 2.05) is 0 Å². The molecule has 0 unspecified atom stereocenters. The molecule has 0 saturated heterocycles. The van der Waals surface area contributed by atoms with Crippen molar-refractivity contribution in [3.63, 3.8) is 0 Å². The highest BCUT2D eigenvalue weighted by Crippen LogP contribution is 2.00. The molecule has 8 nitrogen and oxygen atoms in total. The maximum atomic E-state index is 3.79. The first-order valence-electron chi connectivity index (χ1n) is 4.40. The highest BCUT2D eigenvalue weighted by molar-refractivity contribution is 4.79. The smallest absolute Gasteiger partial charge is 0.148 e. The number of hydrogen-bond donors (Lipinski definition) is 2. The average Bonchev–Trinajstić information content (AvgIpc) is 2.86. The van der Waals surface area contributed by atoms with Gasteiger partial charge in [-0.05, 0) is 33.7 Å². The normalized spacial score (nSPS) is 10.6. The molecule has 74 valence electrons. The minimum absolute atomic E-state index is 0.820. The van der Waals surface area contributed by atoms with E-state index in [-0.39, 0.29) is 0 Å². The van der Waals surface area contributed by atoms with Gasteiger partial charge in [-0.2, -0.15) is 0 Å².